The van der Waals surface area contributed by atoms with Crippen LogP contribution < -0.4 is 10.1 Å². The van der Waals surface area contributed by atoms with Crippen LogP contribution >= 0.6 is 15.9 Å². The van der Waals surface area contributed by atoms with Crippen LogP contribution in [0.4, 0.5) is 0 Å². The fourth-order valence-electron chi connectivity index (χ4n) is 1.56. The molecule has 78 valence electrons. The third-order valence-corrected chi connectivity index (χ3v) is 2.82. The molecule has 0 amide bonds. The summed E-state index contributed by atoms with van der Waals surface area (Å²) in [6, 6.07) is 6.43. The first-order valence-electron chi connectivity index (χ1n) is 4.73. The van der Waals surface area contributed by atoms with Crippen molar-refractivity contribution in [1.29, 1.82) is 0 Å². The smallest absolute Gasteiger partial charge is 0.123 e. The van der Waals surface area contributed by atoms with Crippen molar-refractivity contribution in [2.75, 3.05) is 14.2 Å². The summed E-state index contributed by atoms with van der Waals surface area (Å²) >= 11 is 3.47. The SMILES string of the molecule is CCC(NC)c1cc(Br)ccc1OC. The lowest BCUT2D eigenvalue weighted by Crippen LogP contribution is -2.16. The number of hydrogen-bond donors (Lipinski definition) is 1. The number of nitrogens with one attached hydrogen (secondary N) is 1. The zero-order valence-corrected chi connectivity index (χ0v) is 10.4. The monoisotopic (exact) mass is 257 g/mol. The first-order valence-corrected chi connectivity index (χ1v) is 5.53. The minimum absolute atomic E-state index is 0.349. The van der Waals surface area contributed by atoms with E-state index < -0.39 is 0 Å². The van der Waals surface area contributed by atoms with Crippen LogP contribution in [0.15, 0.2) is 22.7 Å². The molecule has 1 rings (SSSR count). The number of benzene rings is 1. The van der Waals surface area contributed by atoms with Gasteiger partial charge in [-0.05, 0) is 31.7 Å². The van der Waals surface area contributed by atoms with E-state index in [2.05, 4.69) is 34.2 Å². The summed E-state index contributed by atoms with van der Waals surface area (Å²) in [7, 11) is 3.67. The van der Waals surface area contributed by atoms with Crippen molar-refractivity contribution in [3.63, 3.8) is 0 Å². The highest BCUT2D eigenvalue weighted by atomic mass is 79.9. The Balaban J connectivity index is 3.08. The Morgan fingerprint density at radius 1 is 1.50 bits per heavy atom. The second kappa shape index (κ2) is 5.37. The van der Waals surface area contributed by atoms with E-state index in [0.717, 1.165) is 16.6 Å². The average Bonchev–Trinajstić information content (AvgIpc) is 2.20. The van der Waals surface area contributed by atoms with Crippen LogP contribution in [-0.4, -0.2) is 14.2 Å². The van der Waals surface area contributed by atoms with Gasteiger partial charge in [-0.2, -0.15) is 0 Å². The maximum Gasteiger partial charge on any atom is 0.123 e. The summed E-state index contributed by atoms with van der Waals surface area (Å²) in [6.07, 6.45) is 1.04. The van der Waals surface area contributed by atoms with Gasteiger partial charge in [0.25, 0.3) is 0 Å². The molecular formula is C11H16BrNO. The molecule has 0 aromatic heterocycles. The van der Waals surface area contributed by atoms with Crippen molar-refractivity contribution in [3.8, 4) is 5.75 Å². The van der Waals surface area contributed by atoms with Crippen molar-refractivity contribution in [2.45, 2.75) is 19.4 Å². The standard InChI is InChI=1S/C11H16BrNO/c1-4-10(13-2)9-7-8(12)5-6-11(9)14-3/h5-7,10,13H,4H2,1-3H3. The van der Waals surface area contributed by atoms with Gasteiger partial charge in [-0.25, -0.2) is 0 Å². The summed E-state index contributed by atoms with van der Waals surface area (Å²) in [6.45, 7) is 2.15. The predicted octanol–water partition coefficient (Wildman–Crippen LogP) is 3.13. The Morgan fingerprint density at radius 3 is 2.71 bits per heavy atom. The molecular weight excluding hydrogens is 242 g/mol. The van der Waals surface area contributed by atoms with E-state index in [0.29, 0.717) is 6.04 Å². The largest absolute Gasteiger partial charge is 0.496 e. The fourth-order valence-corrected chi connectivity index (χ4v) is 1.94. The lowest BCUT2D eigenvalue weighted by Gasteiger charge is -2.17. The first-order chi connectivity index (χ1) is 6.72. The van der Waals surface area contributed by atoms with Crippen LogP contribution in [-0.2, 0) is 0 Å². The van der Waals surface area contributed by atoms with Gasteiger partial charge in [0, 0.05) is 16.1 Å². The van der Waals surface area contributed by atoms with Gasteiger partial charge in [0.1, 0.15) is 5.75 Å². The van der Waals surface area contributed by atoms with Crippen LogP contribution in [0.25, 0.3) is 0 Å². The molecule has 0 aliphatic heterocycles. The maximum atomic E-state index is 5.32. The average molecular weight is 258 g/mol. The Bertz CT molecular complexity index is 297. The third-order valence-electron chi connectivity index (χ3n) is 2.32. The lowest BCUT2D eigenvalue weighted by molar-refractivity contribution is 0.400. The molecule has 0 saturated heterocycles. The molecule has 1 atom stereocenters. The second-order valence-electron chi connectivity index (χ2n) is 3.14. The van der Waals surface area contributed by atoms with Gasteiger partial charge in [-0.15, -0.1) is 0 Å². The molecule has 0 radical (unpaired) electrons. The molecule has 1 unspecified atom stereocenters. The summed E-state index contributed by atoms with van der Waals surface area (Å²) in [5.74, 6) is 0.939. The Hall–Kier alpha value is -0.540. The third kappa shape index (κ3) is 2.49. The summed E-state index contributed by atoms with van der Waals surface area (Å²) < 4.78 is 6.41. The van der Waals surface area contributed by atoms with Crippen LogP contribution in [0, 0.1) is 0 Å². The van der Waals surface area contributed by atoms with E-state index >= 15 is 0 Å². The van der Waals surface area contributed by atoms with Gasteiger partial charge < -0.3 is 10.1 Å². The molecule has 0 saturated carbocycles. The van der Waals surface area contributed by atoms with E-state index in [4.69, 9.17) is 4.74 Å². The molecule has 1 N–H and O–H groups in total. The normalized spacial score (nSPS) is 12.6. The van der Waals surface area contributed by atoms with Crippen molar-refractivity contribution >= 4 is 15.9 Å². The van der Waals surface area contributed by atoms with Gasteiger partial charge in [-0.3, -0.25) is 0 Å². The van der Waals surface area contributed by atoms with E-state index in [-0.39, 0.29) is 0 Å². The predicted molar refractivity (Wildman–Crippen MR) is 62.8 cm³/mol. The van der Waals surface area contributed by atoms with Gasteiger partial charge >= 0.3 is 0 Å². The molecule has 0 heterocycles. The highest BCUT2D eigenvalue weighted by Gasteiger charge is 2.12. The number of rotatable bonds is 4. The zero-order chi connectivity index (χ0) is 10.6. The van der Waals surface area contributed by atoms with Crippen LogP contribution in [0.1, 0.15) is 24.9 Å². The van der Waals surface area contributed by atoms with Crippen molar-refractivity contribution in [1.82, 2.24) is 5.32 Å². The molecule has 14 heavy (non-hydrogen) atoms. The summed E-state index contributed by atoms with van der Waals surface area (Å²) in [5.41, 5.74) is 1.20. The van der Waals surface area contributed by atoms with Gasteiger partial charge in [0.05, 0.1) is 7.11 Å². The van der Waals surface area contributed by atoms with Gasteiger partial charge in [0.15, 0.2) is 0 Å². The molecule has 0 aliphatic carbocycles. The molecule has 1 aromatic rings. The van der Waals surface area contributed by atoms with Crippen LogP contribution in [0.2, 0.25) is 0 Å². The maximum absolute atomic E-state index is 5.32. The summed E-state index contributed by atoms with van der Waals surface area (Å²) in [5, 5.41) is 3.27. The topological polar surface area (TPSA) is 21.3 Å². The minimum atomic E-state index is 0.349. The van der Waals surface area contributed by atoms with E-state index in [1.807, 2.05) is 19.2 Å². The van der Waals surface area contributed by atoms with Crippen molar-refractivity contribution in [3.05, 3.63) is 28.2 Å². The molecule has 0 spiro atoms. The Kier molecular flexibility index (Phi) is 4.42. The first kappa shape index (κ1) is 11.5. The quantitative estimate of drug-likeness (QED) is 0.895. The molecule has 2 nitrogen and oxygen atoms in total. The Morgan fingerprint density at radius 2 is 2.21 bits per heavy atom. The highest BCUT2D eigenvalue weighted by Crippen LogP contribution is 2.29. The summed E-state index contributed by atoms with van der Waals surface area (Å²) in [4.78, 5) is 0. The van der Waals surface area contributed by atoms with Gasteiger partial charge in [-0.1, -0.05) is 22.9 Å². The molecule has 0 fully saturated rings. The fraction of sp³-hybridized carbons (Fsp3) is 0.455. The number of hydrogen-bond acceptors (Lipinski definition) is 2. The van der Waals surface area contributed by atoms with Crippen molar-refractivity contribution in [2.24, 2.45) is 0 Å². The van der Waals surface area contributed by atoms with E-state index in [1.54, 1.807) is 7.11 Å². The number of ether oxygens (including phenoxy) is 1. The molecule has 1 aromatic carbocycles. The molecule has 0 bridgehead atoms. The number of methoxy groups -OCH3 is 1. The second-order valence-corrected chi connectivity index (χ2v) is 4.05. The highest BCUT2D eigenvalue weighted by molar-refractivity contribution is 9.10. The van der Waals surface area contributed by atoms with Crippen LogP contribution in [0.3, 0.4) is 0 Å². The van der Waals surface area contributed by atoms with Crippen molar-refractivity contribution < 1.29 is 4.74 Å². The Labute approximate surface area is 93.8 Å². The van der Waals surface area contributed by atoms with Gasteiger partial charge in [0.2, 0.25) is 0 Å². The lowest BCUT2D eigenvalue weighted by atomic mass is 10.0. The minimum Gasteiger partial charge on any atom is -0.496 e. The zero-order valence-electron chi connectivity index (χ0n) is 8.80. The number of halogens is 1. The molecule has 3 heteroatoms. The van der Waals surface area contributed by atoms with E-state index in [9.17, 15) is 0 Å². The molecule has 0 aliphatic rings. The van der Waals surface area contributed by atoms with E-state index in [1.165, 1.54) is 5.56 Å². The van der Waals surface area contributed by atoms with Crippen LogP contribution in [0.5, 0.6) is 5.75 Å².